The fourth-order valence-corrected chi connectivity index (χ4v) is 5.01. The molecule has 0 bridgehead atoms. The summed E-state index contributed by atoms with van der Waals surface area (Å²) >= 11 is 0. The zero-order valence-electron chi connectivity index (χ0n) is 22.9. The van der Waals surface area contributed by atoms with Crippen LogP contribution in [0.25, 0.3) is 0 Å². The number of rotatable bonds is 9. The summed E-state index contributed by atoms with van der Waals surface area (Å²) in [5, 5.41) is 5.88. The summed E-state index contributed by atoms with van der Waals surface area (Å²) < 4.78 is 54.0. The van der Waals surface area contributed by atoms with Crippen molar-refractivity contribution in [3.8, 4) is 5.75 Å². The molecule has 1 fully saturated rings. The van der Waals surface area contributed by atoms with Gasteiger partial charge in [0, 0.05) is 45.2 Å². The van der Waals surface area contributed by atoms with Gasteiger partial charge in [0.05, 0.1) is 23.4 Å². The Morgan fingerprint density at radius 3 is 2.56 bits per heavy atom. The number of alkyl halides is 3. The molecule has 0 radical (unpaired) electrons. The molecule has 220 valence electrons. The molecule has 1 aromatic carbocycles. The average Bonchev–Trinajstić information content (AvgIpc) is 2.85. The first kappa shape index (κ1) is 32.6. The van der Waals surface area contributed by atoms with Crippen molar-refractivity contribution < 1.29 is 37.0 Å². The Bertz CT molecular complexity index is 1050. The number of hydrogen-bond donors (Lipinski definition) is 2. The smallest absolute Gasteiger partial charge is 0.417 e. The van der Waals surface area contributed by atoms with E-state index in [2.05, 4.69) is 10.6 Å². The van der Waals surface area contributed by atoms with Gasteiger partial charge in [-0.2, -0.15) is 13.2 Å². The number of methoxy groups -OCH3 is 1. The Labute approximate surface area is 233 Å². The molecule has 3 amide bonds. The Balaban J connectivity index is 0.00000533. The quantitative estimate of drug-likeness (QED) is 0.466. The molecule has 1 unspecified atom stereocenters. The highest BCUT2D eigenvalue weighted by Gasteiger charge is 2.47. The van der Waals surface area contributed by atoms with Gasteiger partial charge in [-0.25, -0.2) is 0 Å². The van der Waals surface area contributed by atoms with E-state index in [1.165, 1.54) is 23.8 Å². The Morgan fingerprint density at radius 2 is 2.03 bits per heavy atom. The van der Waals surface area contributed by atoms with E-state index < -0.39 is 34.7 Å². The third-order valence-corrected chi connectivity index (χ3v) is 6.81. The first-order chi connectivity index (χ1) is 17.8. The van der Waals surface area contributed by atoms with Crippen molar-refractivity contribution in [3.63, 3.8) is 0 Å². The number of amides is 3. The van der Waals surface area contributed by atoms with Crippen LogP contribution < -0.4 is 20.3 Å². The summed E-state index contributed by atoms with van der Waals surface area (Å²) in [6.07, 6.45) is -3.14. The van der Waals surface area contributed by atoms with Crippen molar-refractivity contribution in [1.29, 1.82) is 0 Å². The third kappa shape index (κ3) is 7.15. The summed E-state index contributed by atoms with van der Waals surface area (Å²) in [7, 11) is 1.35. The molecule has 0 aliphatic carbocycles. The van der Waals surface area contributed by atoms with Crippen LogP contribution in [0.4, 0.5) is 18.9 Å². The molecule has 2 aliphatic rings. The standard InChI is InChI=1S/C26H37F3N4O5.ClH/c1-6-22(34)31-10-11-32-20-12-18(23(35)33(16(2)3)17-8-7-9-30-14-17)19(26(27,28)29)13-21(20)38-25(4,15-37-5)24(32)36;/h12-13,16-17,30H,6-11,14-15H2,1-5H3,(H,31,34);1H/t17-,25?;/m1./s1. The van der Waals surface area contributed by atoms with Crippen molar-refractivity contribution in [2.45, 2.75) is 70.8 Å². The highest BCUT2D eigenvalue weighted by Crippen LogP contribution is 2.44. The number of nitrogens with one attached hydrogen (secondary N) is 2. The predicted octanol–water partition coefficient (Wildman–Crippen LogP) is 3.39. The largest absolute Gasteiger partial charge is 0.473 e. The molecule has 2 N–H and O–H groups in total. The van der Waals surface area contributed by atoms with Crippen LogP contribution >= 0.6 is 12.4 Å². The van der Waals surface area contributed by atoms with Crippen molar-refractivity contribution in [1.82, 2.24) is 15.5 Å². The summed E-state index contributed by atoms with van der Waals surface area (Å²) in [6, 6.07) is 1.26. The highest BCUT2D eigenvalue weighted by molar-refractivity contribution is 6.05. The summed E-state index contributed by atoms with van der Waals surface area (Å²) in [6.45, 7) is 7.75. The van der Waals surface area contributed by atoms with Gasteiger partial charge in [-0.05, 0) is 52.3 Å². The second kappa shape index (κ2) is 13.2. The Morgan fingerprint density at radius 1 is 1.33 bits per heavy atom. The molecule has 1 saturated heterocycles. The zero-order valence-corrected chi connectivity index (χ0v) is 23.8. The third-order valence-electron chi connectivity index (χ3n) is 6.81. The van der Waals surface area contributed by atoms with Crippen LogP contribution in [0.5, 0.6) is 5.75 Å². The first-order valence-electron chi connectivity index (χ1n) is 12.9. The maximum Gasteiger partial charge on any atom is 0.417 e. The van der Waals surface area contributed by atoms with Crippen LogP contribution in [0.15, 0.2) is 12.1 Å². The molecule has 0 saturated carbocycles. The lowest BCUT2D eigenvalue weighted by atomic mass is 9.96. The maximum atomic E-state index is 14.3. The molecule has 2 heterocycles. The number of carbonyl (C=O) groups is 3. The lowest BCUT2D eigenvalue weighted by Gasteiger charge is -2.41. The van der Waals surface area contributed by atoms with Gasteiger partial charge in [0.2, 0.25) is 11.5 Å². The van der Waals surface area contributed by atoms with Crippen molar-refractivity contribution in [3.05, 3.63) is 23.3 Å². The molecule has 13 heteroatoms. The SMILES string of the molecule is CCC(=O)NCCN1C(=O)C(C)(COC)Oc2cc(C(F)(F)F)c(C(=O)N(C(C)C)[C@@H]3CCCNC3)cc21.Cl. The lowest BCUT2D eigenvalue weighted by molar-refractivity contribution is -0.140. The maximum absolute atomic E-state index is 14.3. The molecule has 39 heavy (non-hydrogen) atoms. The topological polar surface area (TPSA) is 100 Å². The van der Waals surface area contributed by atoms with Gasteiger partial charge in [0.25, 0.3) is 11.8 Å². The number of nitrogens with zero attached hydrogens (tertiary/aromatic N) is 2. The number of carbonyl (C=O) groups excluding carboxylic acids is 3. The van der Waals surface area contributed by atoms with Gasteiger partial charge >= 0.3 is 6.18 Å². The van der Waals surface area contributed by atoms with Crippen molar-refractivity contribution >= 4 is 35.8 Å². The Hall–Kier alpha value is -2.57. The highest BCUT2D eigenvalue weighted by atomic mass is 35.5. The second-order valence-corrected chi connectivity index (χ2v) is 10.1. The van der Waals surface area contributed by atoms with E-state index in [1.54, 1.807) is 20.8 Å². The molecule has 9 nitrogen and oxygen atoms in total. The number of hydrogen-bond acceptors (Lipinski definition) is 6. The minimum absolute atomic E-state index is 0. The second-order valence-electron chi connectivity index (χ2n) is 10.1. The average molecular weight is 579 g/mol. The lowest BCUT2D eigenvalue weighted by Crippen LogP contribution is -2.58. The summed E-state index contributed by atoms with van der Waals surface area (Å²) in [5.74, 6) is -1.73. The molecule has 0 spiro atoms. The number of benzene rings is 1. The van der Waals surface area contributed by atoms with E-state index in [-0.39, 0.29) is 68.0 Å². The number of halogens is 4. The fraction of sp³-hybridized carbons (Fsp3) is 0.654. The van der Waals surface area contributed by atoms with Crippen LogP contribution in [-0.4, -0.2) is 80.2 Å². The molecule has 0 aromatic heterocycles. The monoisotopic (exact) mass is 578 g/mol. The molecule has 2 aliphatic heterocycles. The summed E-state index contributed by atoms with van der Waals surface area (Å²) in [5.41, 5.74) is -3.24. The van der Waals surface area contributed by atoms with E-state index >= 15 is 0 Å². The number of piperidine rings is 1. The summed E-state index contributed by atoms with van der Waals surface area (Å²) in [4.78, 5) is 41.8. The van der Waals surface area contributed by atoms with Gasteiger partial charge in [0.1, 0.15) is 5.75 Å². The van der Waals surface area contributed by atoms with Crippen LogP contribution in [-0.2, 0) is 20.5 Å². The van der Waals surface area contributed by atoms with Crippen LogP contribution in [0, 0.1) is 0 Å². The van der Waals surface area contributed by atoms with E-state index in [9.17, 15) is 27.6 Å². The predicted molar refractivity (Wildman–Crippen MR) is 142 cm³/mol. The minimum atomic E-state index is -4.85. The molecule has 3 rings (SSSR count). The van der Waals surface area contributed by atoms with Crippen LogP contribution in [0.1, 0.15) is 62.9 Å². The van der Waals surface area contributed by atoms with Gasteiger partial charge in [-0.1, -0.05) is 6.92 Å². The molecular formula is C26H38ClF3N4O5. The van der Waals surface area contributed by atoms with Crippen LogP contribution in [0.3, 0.4) is 0 Å². The number of ether oxygens (including phenoxy) is 2. The number of anilines is 1. The van der Waals surface area contributed by atoms with Gasteiger partial charge in [0.15, 0.2) is 0 Å². The first-order valence-corrected chi connectivity index (χ1v) is 12.9. The van der Waals surface area contributed by atoms with E-state index in [4.69, 9.17) is 9.47 Å². The Kier molecular flexibility index (Phi) is 11.0. The van der Waals surface area contributed by atoms with Gasteiger partial charge in [-0.3, -0.25) is 14.4 Å². The van der Waals surface area contributed by atoms with E-state index in [1.807, 2.05) is 0 Å². The molecule has 1 aromatic rings. The number of fused-ring (bicyclic) bond motifs is 1. The molecular weight excluding hydrogens is 541 g/mol. The normalized spacial score (nSPS) is 21.1. The van der Waals surface area contributed by atoms with Crippen molar-refractivity contribution in [2.75, 3.05) is 44.8 Å². The molecule has 2 atom stereocenters. The van der Waals surface area contributed by atoms with Crippen molar-refractivity contribution in [2.24, 2.45) is 0 Å². The zero-order chi connectivity index (χ0) is 28.3. The fourth-order valence-electron chi connectivity index (χ4n) is 5.01. The minimum Gasteiger partial charge on any atom is -0.473 e. The van der Waals surface area contributed by atoms with Crippen LogP contribution in [0.2, 0.25) is 0 Å². The van der Waals surface area contributed by atoms with E-state index in [0.717, 1.165) is 25.1 Å². The van der Waals surface area contributed by atoms with Gasteiger partial charge in [-0.15, -0.1) is 12.4 Å². The van der Waals surface area contributed by atoms with E-state index in [0.29, 0.717) is 13.0 Å². The van der Waals surface area contributed by atoms with Gasteiger partial charge < -0.3 is 29.9 Å².